The molecule has 0 aliphatic carbocycles. The van der Waals surface area contributed by atoms with Crippen LogP contribution < -0.4 is 15.2 Å². The van der Waals surface area contributed by atoms with Crippen LogP contribution >= 0.6 is 41.5 Å². The molecule has 0 saturated carbocycles. The standard InChI is InChI=1S/C7H7Cl3NO3PS.2C5H11N/c1-12-15(16,13-2)14-7-5(9)3-4(8)6(10)11-7;2*1-2-4-6-5-3-1/h3H,1-2H3;2*6H,1-5H2. The summed E-state index contributed by atoms with van der Waals surface area (Å²) in [5, 5.41) is 7.04. The highest BCUT2D eigenvalue weighted by atomic mass is 35.5. The fourth-order valence-electron chi connectivity index (χ4n) is 2.35. The molecule has 1 aromatic rings. The molecular weight excluding hydrogens is 464 g/mol. The predicted octanol–water partition coefficient (Wildman–Crippen LogP) is 5.46. The van der Waals surface area contributed by atoms with E-state index in [-0.39, 0.29) is 21.1 Å². The Morgan fingerprint density at radius 1 is 0.857 bits per heavy atom. The van der Waals surface area contributed by atoms with Crippen molar-refractivity contribution in [2.75, 3.05) is 40.4 Å². The van der Waals surface area contributed by atoms with Crippen LogP contribution in [0.5, 0.6) is 5.88 Å². The van der Waals surface area contributed by atoms with Crippen molar-refractivity contribution in [3.63, 3.8) is 0 Å². The van der Waals surface area contributed by atoms with Gasteiger partial charge in [0.25, 0.3) is 0 Å². The van der Waals surface area contributed by atoms with E-state index < -0.39 is 6.72 Å². The summed E-state index contributed by atoms with van der Waals surface area (Å²) in [6.45, 7) is 2.12. The summed E-state index contributed by atoms with van der Waals surface area (Å²) >= 11 is 22.3. The minimum absolute atomic E-state index is 0.0306. The number of pyridine rings is 1. The van der Waals surface area contributed by atoms with Gasteiger partial charge in [-0.2, -0.15) is 4.98 Å². The average molecular weight is 493 g/mol. The molecule has 0 unspecified atom stereocenters. The molecule has 6 nitrogen and oxygen atoms in total. The third-order valence-corrected chi connectivity index (χ3v) is 7.27. The van der Waals surface area contributed by atoms with Crippen molar-refractivity contribution in [3.8, 4) is 5.88 Å². The minimum atomic E-state index is -2.88. The van der Waals surface area contributed by atoms with Crippen LogP contribution in [0.25, 0.3) is 0 Å². The van der Waals surface area contributed by atoms with Crippen LogP contribution in [0, 0.1) is 0 Å². The van der Waals surface area contributed by atoms with Gasteiger partial charge in [0.15, 0.2) is 5.15 Å². The Morgan fingerprint density at radius 2 is 1.32 bits per heavy atom. The molecule has 162 valence electrons. The summed E-state index contributed by atoms with van der Waals surface area (Å²) in [6.07, 6.45) is 8.43. The summed E-state index contributed by atoms with van der Waals surface area (Å²) in [6, 6.07) is 1.40. The van der Waals surface area contributed by atoms with E-state index in [0.717, 1.165) is 0 Å². The zero-order valence-corrected chi connectivity index (χ0v) is 20.3. The van der Waals surface area contributed by atoms with E-state index in [0.29, 0.717) is 0 Å². The molecule has 0 atom stereocenters. The second-order valence-electron chi connectivity index (χ2n) is 6.07. The first-order valence-corrected chi connectivity index (χ1v) is 12.9. The Balaban J connectivity index is 0.000000263. The van der Waals surface area contributed by atoms with E-state index in [2.05, 4.69) is 15.6 Å². The minimum Gasteiger partial charge on any atom is -0.404 e. The van der Waals surface area contributed by atoms with E-state index in [1.165, 1.54) is 85.0 Å². The lowest BCUT2D eigenvalue weighted by atomic mass is 10.2. The molecule has 28 heavy (non-hydrogen) atoms. The van der Waals surface area contributed by atoms with Gasteiger partial charge in [-0.25, -0.2) is 0 Å². The van der Waals surface area contributed by atoms with Gasteiger partial charge in [-0.05, 0) is 57.9 Å². The number of nitrogens with zero attached hydrogens (tertiary/aromatic N) is 1. The lowest BCUT2D eigenvalue weighted by molar-refractivity contribution is 0.270. The van der Waals surface area contributed by atoms with Crippen LogP contribution in [0.1, 0.15) is 38.5 Å². The van der Waals surface area contributed by atoms with Crippen molar-refractivity contribution in [2.45, 2.75) is 38.5 Å². The molecule has 0 spiro atoms. The topological polar surface area (TPSA) is 64.6 Å². The Morgan fingerprint density at radius 3 is 1.64 bits per heavy atom. The summed E-state index contributed by atoms with van der Waals surface area (Å²) in [4.78, 5) is 3.83. The maximum absolute atomic E-state index is 5.85. The first-order valence-electron chi connectivity index (χ1n) is 9.26. The largest absolute Gasteiger partial charge is 0.404 e. The molecule has 2 aliphatic rings. The Bertz CT molecular complexity index is 578. The normalized spacial score (nSPS) is 16.9. The Kier molecular flexibility index (Phi) is 14.3. The quantitative estimate of drug-likeness (QED) is 0.427. The van der Waals surface area contributed by atoms with E-state index in [1.807, 2.05) is 0 Å². The van der Waals surface area contributed by atoms with Gasteiger partial charge in [0.2, 0.25) is 5.88 Å². The molecule has 0 radical (unpaired) electrons. The molecule has 11 heteroatoms. The highest BCUT2D eigenvalue weighted by Gasteiger charge is 2.22. The SMILES string of the molecule is C1CCNCC1.C1CCNCC1.COP(=S)(OC)Oc1nc(Cl)c(Cl)cc1Cl. The molecule has 0 bridgehead atoms. The number of piperidine rings is 2. The van der Waals surface area contributed by atoms with Gasteiger partial charge in [-0.3, -0.25) is 0 Å². The molecule has 2 saturated heterocycles. The van der Waals surface area contributed by atoms with Crippen molar-refractivity contribution < 1.29 is 13.6 Å². The Labute approximate surface area is 188 Å². The number of hydrogen-bond donors (Lipinski definition) is 2. The van der Waals surface area contributed by atoms with Gasteiger partial charge in [0, 0.05) is 26.0 Å². The lowest BCUT2D eigenvalue weighted by Gasteiger charge is -2.18. The molecule has 3 heterocycles. The van der Waals surface area contributed by atoms with Crippen molar-refractivity contribution in [2.24, 2.45) is 0 Å². The monoisotopic (exact) mass is 491 g/mol. The second kappa shape index (κ2) is 15.2. The van der Waals surface area contributed by atoms with Crippen LogP contribution in [0.2, 0.25) is 15.2 Å². The summed E-state index contributed by atoms with van der Waals surface area (Å²) < 4.78 is 15.1. The van der Waals surface area contributed by atoms with Gasteiger partial charge in [0.1, 0.15) is 5.02 Å². The maximum atomic E-state index is 5.85. The number of aromatic nitrogens is 1. The fraction of sp³-hybridized carbons (Fsp3) is 0.706. The van der Waals surface area contributed by atoms with Gasteiger partial charge in [-0.1, -0.05) is 47.6 Å². The number of hydrogen-bond acceptors (Lipinski definition) is 7. The van der Waals surface area contributed by atoms with Crippen LogP contribution in [0.4, 0.5) is 0 Å². The third-order valence-electron chi connectivity index (χ3n) is 3.91. The molecule has 2 aliphatic heterocycles. The van der Waals surface area contributed by atoms with Crippen LogP contribution in [0.3, 0.4) is 0 Å². The first-order chi connectivity index (χ1) is 13.4. The smallest absolute Gasteiger partial charge is 0.381 e. The highest BCUT2D eigenvalue weighted by Crippen LogP contribution is 2.49. The summed E-state index contributed by atoms with van der Waals surface area (Å²) in [7, 11) is 2.74. The lowest BCUT2D eigenvalue weighted by Crippen LogP contribution is -2.21. The molecule has 0 amide bonds. The molecule has 3 rings (SSSR count). The van der Waals surface area contributed by atoms with E-state index in [9.17, 15) is 0 Å². The highest BCUT2D eigenvalue weighted by molar-refractivity contribution is 8.07. The van der Waals surface area contributed by atoms with Gasteiger partial charge in [0.05, 0.1) is 5.02 Å². The zero-order valence-electron chi connectivity index (χ0n) is 16.3. The van der Waals surface area contributed by atoms with E-state index in [1.54, 1.807) is 0 Å². The molecular formula is C17H29Cl3N3O3PS. The fourth-order valence-corrected chi connectivity index (χ4v) is 3.79. The molecule has 1 aromatic heterocycles. The van der Waals surface area contributed by atoms with Crippen molar-refractivity contribution >= 4 is 53.3 Å². The molecule has 2 N–H and O–H groups in total. The van der Waals surface area contributed by atoms with Gasteiger partial charge >= 0.3 is 6.72 Å². The second-order valence-corrected chi connectivity index (χ2v) is 10.4. The van der Waals surface area contributed by atoms with Crippen LogP contribution in [-0.4, -0.2) is 45.4 Å². The zero-order chi connectivity index (χ0) is 20.8. The van der Waals surface area contributed by atoms with Crippen LogP contribution in [-0.2, 0) is 20.9 Å². The molecule has 0 aromatic carbocycles. The summed E-state index contributed by atoms with van der Waals surface area (Å²) in [5.74, 6) is 0.0306. The van der Waals surface area contributed by atoms with Crippen molar-refractivity contribution in [1.29, 1.82) is 0 Å². The molecule has 2 fully saturated rings. The maximum Gasteiger partial charge on any atom is 0.381 e. The average Bonchev–Trinajstić information content (AvgIpc) is 2.75. The Hall–Kier alpha value is 0.310. The van der Waals surface area contributed by atoms with Crippen molar-refractivity contribution in [3.05, 3.63) is 21.3 Å². The number of halogens is 3. The summed E-state index contributed by atoms with van der Waals surface area (Å²) in [5.41, 5.74) is 0. The third kappa shape index (κ3) is 10.9. The van der Waals surface area contributed by atoms with Gasteiger partial charge in [-0.15, -0.1) is 0 Å². The van der Waals surface area contributed by atoms with E-state index in [4.69, 9.17) is 60.2 Å². The number of nitrogens with one attached hydrogen (secondary N) is 2. The van der Waals surface area contributed by atoms with Crippen LogP contribution in [0.15, 0.2) is 6.07 Å². The van der Waals surface area contributed by atoms with Gasteiger partial charge < -0.3 is 24.2 Å². The first kappa shape index (κ1) is 26.3. The van der Waals surface area contributed by atoms with E-state index >= 15 is 0 Å². The van der Waals surface area contributed by atoms with Crippen molar-refractivity contribution in [1.82, 2.24) is 15.6 Å². The number of rotatable bonds is 4. The predicted molar refractivity (Wildman–Crippen MR) is 122 cm³/mol.